The van der Waals surface area contributed by atoms with Crippen LogP contribution in [-0.2, 0) is 6.54 Å². The lowest BCUT2D eigenvalue weighted by Crippen LogP contribution is -2.30. The van der Waals surface area contributed by atoms with Gasteiger partial charge in [0.15, 0.2) is 0 Å². The van der Waals surface area contributed by atoms with E-state index in [0.29, 0.717) is 11.6 Å². The van der Waals surface area contributed by atoms with E-state index >= 15 is 0 Å². The third-order valence-corrected chi connectivity index (χ3v) is 4.92. The molecule has 1 aliphatic heterocycles. The molecular formula is C17H19Cl2N3O. The van der Waals surface area contributed by atoms with Crippen molar-refractivity contribution in [1.82, 2.24) is 9.78 Å². The molecule has 0 N–H and O–H groups in total. The average molecular weight is 352 g/mol. The molecule has 6 heteroatoms. The van der Waals surface area contributed by atoms with Gasteiger partial charge in [-0.25, -0.2) is 4.68 Å². The van der Waals surface area contributed by atoms with Crippen LogP contribution in [0.1, 0.15) is 31.2 Å². The molecule has 0 atom stereocenters. The van der Waals surface area contributed by atoms with E-state index in [0.717, 1.165) is 37.2 Å². The zero-order chi connectivity index (χ0) is 16.2. The number of halogens is 2. The Morgan fingerprint density at radius 3 is 2.43 bits per heavy atom. The van der Waals surface area contributed by atoms with E-state index in [4.69, 9.17) is 23.2 Å². The highest BCUT2D eigenvalue weighted by Gasteiger charge is 2.17. The molecule has 0 aliphatic carbocycles. The Morgan fingerprint density at radius 2 is 1.74 bits per heavy atom. The summed E-state index contributed by atoms with van der Waals surface area (Å²) in [6.45, 7) is 2.17. The van der Waals surface area contributed by atoms with Crippen LogP contribution in [0.2, 0.25) is 10.0 Å². The summed E-state index contributed by atoms with van der Waals surface area (Å²) >= 11 is 12.5. The van der Waals surface area contributed by atoms with Crippen molar-refractivity contribution in [3.8, 4) is 0 Å². The minimum Gasteiger partial charge on any atom is -0.369 e. The first-order valence-electron chi connectivity index (χ1n) is 7.91. The number of nitrogens with zero attached hydrogens (tertiary/aromatic N) is 3. The zero-order valence-electron chi connectivity index (χ0n) is 12.8. The van der Waals surface area contributed by atoms with E-state index < -0.39 is 0 Å². The first-order valence-corrected chi connectivity index (χ1v) is 8.66. The summed E-state index contributed by atoms with van der Waals surface area (Å²) < 4.78 is 1.37. The molecule has 0 unspecified atom stereocenters. The van der Waals surface area contributed by atoms with Gasteiger partial charge in [-0.1, -0.05) is 54.2 Å². The Bertz CT molecular complexity index is 737. The molecule has 1 saturated heterocycles. The van der Waals surface area contributed by atoms with Gasteiger partial charge in [-0.05, 0) is 24.5 Å². The van der Waals surface area contributed by atoms with E-state index in [1.807, 2.05) is 18.2 Å². The highest BCUT2D eigenvalue weighted by atomic mass is 35.5. The van der Waals surface area contributed by atoms with Crippen LogP contribution in [0.3, 0.4) is 0 Å². The predicted molar refractivity (Wildman–Crippen MR) is 94.7 cm³/mol. The summed E-state index contributed by atoms with van der Waals surface area (Å²) in [5.41, 5.74) is 1.32. The number of aromatic nitrogens is 2. The highest BCUT2D eigenvalue weighted by molar-refractivity contribution is 6.33. The third kappa shape index (κ3) is 3.70. The smallest absolute Gasteiger partial charge is 0.287 e. The van der Waals surface area contributed by atoms with Crippen LogP contribution in [0.15, 0.2) is 35.3 Å². The van der Waals surface area contributed by atoms with Gasteiger partial charge in [0.25, 0.3) is 5.56 Å². The van der Waals surface area contributed by atoms with E-state index in [1.165, 1.54) is 17.5 Å². The molecule has 0 spiro atoms. The number of benzene rings is 1. The molecule has 0 amide bonds. The van der Waals surface area contributed by atoms with Crippen molar-refractivity contribution in [1.29, 1.82) is 0 Å². The fourth-order valence-electron chi connectivity index (χ4n) is 2.89. The predicted octanol–water partition coefficient (Wildman–Crippen LogP) is 3.98. The Kier molecular flexibility index (Phi) is 5.23. The van der Waals surface area contributed by atoms with Crippen LogP contribution < -0.4 is 10.5 Å². The lowest BCUT2D eigenvalue weighted by atomic mass is 10.2. The summed E-state index contributed by atoms with van der Waals surface area (Å²) in [6, 6.07) is 7.43. The van der Waals surface area contributed by atoms with Crippen LogP contribution in [0.25, 0.3) is 0 Å². The van der Waals surface area contributed by atoms with Crippen molar-refractivity contribution in [2.75, 3.05) is 18.0 Å². The van der Waals surface area contributed by atoms with Crippen molar-refractivity contribution in [2.24, 2.45) is 0 Å². The van der Waals surface area contributed by atoms with Gasteiger partial charge in [0, 0.05) is 18.1 Å². The number of anilines is 1. The van der Waals surface area contributed by atoms with Crippen LogP contribution in [0.4, 0.5) is 5.69 Å². The highest BCUT2D eigenvalue weighted by Crippen LogP contribution is 2.24. The maximum absolute atomic E-state index is 12.5. The van der Waals surface area contributed by atoms with Gasteiger partial charge in [0.1, 0.15) is 5.02 Å². The molecule has 0 bridgehead atoms. The standard InChI is InChI=1S/C17H19Cl2N3O/c18-14-8-4-3-7-13(14)12-22-17(23)16(19)15(11-20-22)21-9-5-1-2-6-10-21/h3-4,7-8,11H,1-2,5-6,9-10,12H2. The third-order valence-electron chi connectivity index (χ3n) is 4.19. The molecule has 2 aromatic rings. The maximum Gasteiger partial charge on any atom is 0.287 e. The molecule has 23 heavy (non-hydrogen) atoms. The molecular weight excluding hydrogens is 333 g/mol. The van der Waals surface area contributed by atoms with Crippen LogP contribution in [0, 0.1) is 0 Å². The van der Waals surface area contributed by atoms with E-state index in [9.17, 15) is 4.79 Å². The van der Waals surface area contributed by atoms with Gasteiger partial charge in [0.2, 0.25) is 0 Å². The first-order chi connectivity index (χ1) is 11.2. The fourth-order valence-corrected chi connectivity index (χ4v) is 3.35. The molecule has 1 aromatic carbocycles. The summed E-state index contributed by atoms with van der Waals surface area (Å²) in [5, 5.41) is 5.16. The molecule has 1 aliphatic rings. The summed E-state index contributed by atoms with van der Waals surface area (Å²) in [7, 11) is 0. The van der Waals surface area contributed by atoms with Gasteiger partial charge in [-0.3, -0.25) is 4.79 Å². The number of rotatable bonds is 3. The summed E-state index contributed by atoms with van der Waals surface area (Å²) in [5.74, 6) is 0. The van der Waals surface area contributed by atoms with Crippen LogP contribution >= 0.6 is 23.2 Å². The van der Waals surface area contributed by atoms with Gasteiger partial charge < -0.3 is 4.90 Å². The summed E-state index contributed by atoms with van der Waals surface area (Å²) in [4.78, 5) is 14.7. The normalized spacial score (nSPS) is 15.5. The second kappa shape index (κ2) is 7.37. The molecule has 3 rings (SSSR count). The van der Waals surface area contributed by atoms with E-state index in [-0.39, 0.29) is 10.6 Å². The minimum absolute atomic E-state index is 0.244. The average Bonchev–Trinajstić information content (AvgIpc) is 2.83. The topological polar surface area (TPSA) is 38.1 Å². The van der Waals surface area contributed by atoms with Gasteiger partial charge in [-0.2, -0.15) is 5.10 Å². The first kappa shape index (κ1) is 16.3. The molecule has 0 radical (unpaired) electrons. The van der Waals surface area contributed by atoms with E-state index in [1.54, 1.807) is 12.3 Å². The van der Waals surface area contributed by atoms with Crippen LogP contribution in [-0.4, -0.2) is 22.9 Å². The Balaban J connectivity index is 1.88. The lowest BCUT2D eigenvalue weighted by Gasteiger charge is -2.23. The monoisotopic (exact) mass is 351 g/mol. The molecule has 2 heterocycles. The molecule has 122 valence electrons. The molecule has 4 nitrogen and oxygen atoms in total. The van der Waals surface area contributed by atoms with Gasteiger partial charge >= 0.3 is 0 Å². The van der Waals surface area contributed by atoms with Crippen molar-refractivity contribution < 1.29 is 0 Å². The molecule has 1 aromatic heterocycles. The quantitative estimate of drug-likeness (QED) is 0.839. The largest absolute Gasteiger partial charge is 0.369 e. The van der Waals surface area contributed by atoms with Crippen molar-refractivity contribution in [2.45, 2.75) is 32.2 Å². The van der Waals surface area contributed by atoms with Crippen molar-refractivity contribution in [3.05, 3.63) is 56.4 Å². The second-order valence-corrected chi connectivity index (χ2v) is 6.58. The van der Waals surface area contributed by atoms with Crippen molar-refractivity contribution >= 4 is 28.9 Å². The zero-order valence-corrected chi connectivity index (χ0v) is 14.4. The Hall–Kier alpha value is -1.52. The second-order valence-electron chi connectivity index (χ2n) is 5.80. The summed E-state index contributed by atoms with van der Waals surface area (Å²) in [6.07, 6.45) is 6.40. The van der Waals surface area contributed by atoms with Crippen molar-refractivity contribution in [3.63, 3.8) is 0 Å². The maximum atomic E-state index is 12.5. The number of hydrogen-bond acceptors (Lipinski definition) is 3. The lowest BCUT2D eigenvalue weighted by molar-refractivity contribution is 0.635. The minimum atomic E-state index is -0.270. The van der Waals surface area contributed by atoms with E-state index in [2.05, 4.69) is 10.00 Å². The van der Waals surface area contributed by atoms with Crippen LogP contribution in [0.5, 0.6) is 0 Å². The Morgan fingerprint density at radius 1 is 1.04 bits per heavy atom. The Labute approximate surface area is 145 Å². The SMILES string of the molecule is O=c1c(Cl)c(N2CCCCCC2)cnn1Cc1ccccc1Cl. The molecule has 0 saturated carbocycles. The molecule has 1 fully saturated rings. The van der Waals surface area contributed by atoms with Gasteiger partial charge in [0.05, 0.1) is 18.4 Å². The fraction of sp³-hybridized carbons (Fsp3) is 0.412. The number of hydrogen-bond donors (Lipinski definition) is 0. The van der Waals surface area contributed by atoms with Gasteiger partial charge in [-0.15, -0.1) is 0 Å².